The molecule has 1 aliphatic rings. The molecule has 5 heteroatoms. The second-order valence-electron chi connectivity index (χ2n) is 21.4. The van der Waals surface area contributed by atoms with Crippen LogP contribution in [-0.4, -0.2) is 14.1 Å². The van der Waals surface area contributed by atoms with Crippen molar-refractivity contribution in [3.05, 3.63) is 235 Å². The van der Waals surface area contributed by atoms with Gasteiger partial charge < -0.3 is 4.74 Å². The maximum Gasteiger partial charge on any atom is 0.269 e. The highest BCUT2D eigenvalue weighted by Gasteiger charge is 2.30. The second-order valence-corrected chi connectivity index (χ2v) is 21.4. The lowest BCUT2D eigenvalue weighted by atomic mass is 9.82. The molecule has 9 aromatic carbocycles. The lowest BCUT2D eigenvalue weighted by molar-refractivity contribution is -0.570. The number of aromatic nitrogens is 4. The fourth-order valence-corrected chi connectivity index (χ4v) is 11.0. The van der Waals surface area contributed by atoms with Crippen LogP contribution in [0.3, 0.4) is 0 Å². The highest BCUT2D eigenvalue weighted by atomic mass is 16.5. The molecule has 4 heterocycles. The zero-order valence-corrected chi connectivity index (χ0v) is 42.4. The Morgan fingerprint density at radius 3 is 1.97 bits per heavy atom. The Morgan fingerprint density at radius 2 is 1.19 bits per heavy atom. The molecule has 0 bridgehead atoms. The van der Waals surface area contributed by atoms with Crippen LogP contribution in [0.5, 0.6) is 11.5 Å². The van der Waals surface area contributed by atoms with Crippen LogP contribution in [-0.2, 0) is 10.8 Å². The van der Waals surface area contributed by atoms with Crippen molar-refractivity contribution in [3.8, 4) is 84.3 Å². The molecule has 364 valence electrons. The Labute approximate surface area is 455 Å². The minimum atomic E-state index is -2.77. The third-order valence-electron chi connectivity index (χ3n) is 14.6. The number of pyridine rings is 1. The monoisotopic (exact) mass is 982 g/mol. The number of hydrogen-bond acceptors (Lipinski definition) is 2. The van der Waals surface area contributed by atoms with Gasteiger partial charge in [-0.25, -0.2) is 4.98 Å². The van der Waals surface area contributed by atoms with Gasteiger partial charge in [0.25, 0.3) is 6.33 Å². The van der Waals surface area contributed by atoms with Gasteiger partial charge in [0, 0.05) is 31.3 Å². The summed E-state index contributed by atoms with van der Waals surface area (Å²) in [6, 6.07) is 51.4. The first-order chi connectivity index (χ1) is 40.8. The van der Waals surface area contributed by atoms with Crippen LogP contribution in [0, 0.1) is 20.0 Å². The molecule has 0 saturated carbocycles. The minimum absolute atomic E-state index is 0.00180. The fourth-order valence-electron chi connectivity index (χ4n) is 11.0. The van der Waals surface area contributed by atoms with Gasteiger partial charge in [-0.15, -0.1) is 0 Å². The molecule has 12 aromatic rings. The number of fused-ring (bicyclic) bond motifs is 10. The maximum atomic E-state index is 9.34. The Bertz CT molecular complexity index is 4740. The lowest BCUT2D eigenvalue weighted by Crippen LogP contribution is -2.32. The van der Waals surface area contributed by atoms with E-state index >= 15 is 0 Å². The van der Waals surface area contributed by atoms with Gasteiger partial charge in [-0.2, -0.15) is 0 Å². The third-order valence-corrected chi connectivity index (χ3v) is 14.6. The van der Waals surface area contributed by atoms with Gasteiger partial charge in [0.05, 0.1) is 40.3 Å². The van der Waals surface area contributed by atoms with Crippen LogP contribution in [0.2, 0.25) is 0 Å². The largest absolute Gasteiger partial charge is 0.458 e. The van der Waals surface area contributed by atoms with Crippen molar-refractivity contribution in [2.24, 2.45) is 0 Å². The van der Waals surface area contributed by atoms with Crippen LogP contribution in [0.1, 0.15) is 78.9 Å². The topological polar surface area (TPSA) is 35.9 Å². The molecule has 5 nitrogen and oxygen atoms in total. The number of imidazole rings is 1. The van der Waals surface area contributed by atoms with Gasteiger partial charge in [0.2, 0.25) is 0 Å². The molecule has 0 N–H and O–H groups in total. The number of rotatable bonds is 6. The molecule has 0 atom stereocenters. The van der Waals surface area contributed by atoms with Crippen molar-refractivity contribution < 1.29 is 24.4 Å². The zero-order chi connectivity index (χ0) is 60.7. The highest BCUT2D eigenvalue weighted by Crippen LogP contribution is 2.50. The van der Waals surface area contributed by atoms with Gasteiger partial charge in [0.1, 0.15) is 17.3 Å². The van der Waals surface area contributed by atoms with Gasteiger partial charge in [-0.1, -0.05) is 181 Å². The predicted molar refractivity (Wildman–Crippen MR) is 310 cm³/mol. The second kappa shape index (κ2) is 17.4. The maximum absolute atomic E-state index is 9.34. The summed E-state index contributed by atoms with van der Waals surface area (Å²) in [5, 5.41) is 2.13. The molecular weight excluding hydrogens is 913 g/mol. The van der Waals surface area contributed by atoms with E-state index in [2.05, 4.69) is 94.9 Å². The van der Waals surface area contributed by atoms with Gasteiger partial charge >= 0.3 is 0 Å². The first kappa shape index (κ1) is 35.4. The number of benzene rings is 9. The third kappa shape index (κ3) is 7.68. The highest BCUT2D eigenvalue weighted by molar-refractivity contribution is 6.10. The SMILES string of the molecule is [2H]c1c([2H])c([2H])c(-c2cccc3c2-c2ccccc2-c2cc(C(C)(C)C)cc4c2[n+]([c-]n4-c2cccc(Oc4ccc5c6ccccc6n(-c6cc(C(C)(C)C)ccn6)c5c4)c2)-c2c-3cccc2-c2c(C([2H])([2H])[2H])cccc2C([2H])([2H])[2H])c([2H])c1[2H]. The summed E-state index contributed by atoms with van der Waals surface area (Å²) in [5.74, 6) is 1.92. The zero-order valence-electron chi connectivity index (χ0n) is 53.4. The molecule has 0 spiro atoms. The molecule has 0 saturated heterocycles. The van der Waals surface area contributed by atoms with Crippen molar-refractivity contribution in [1.82, 2.24) is 14.1 Å². The number of nitrogens with zero attached hydrogens (tertiary/aromatic N) is 4. The van der Waals surface area contributed by atoms with E-state index in [-0.39, 0.29) is 39.8 Å². The van der Waals surface area contributed by atoms with Crippen LogP contribution >= 0.6 is 0 Å². The summed E-state index contributed by atoms with van der Waals surface area (Å²) in [7, 11) is 0. The number of para-hydroxylation sites is 2. The molecule has 1 aliphatic heterocycles. The van der Waals surface area contributed by atoms with E-state index in [4.69, 9.17) is 22.1 Å². The Balaban J connectivity index is 1.11. The van der Waals surface area contributed by atoms with Gasteiger partial charge in [-0.3, -0.25) is 13.7 Å². The molecule has 0 aliphatic carbocycles. The van der Waals surface area contributed by atoms with Gasteiger partial charge in [0.15, 0.2) is 0 Å². The smallest absolute Gasteiger partial charge is 0.269 e. The van der Waals surface area contributed by atoms with Crippen molar-refractivity contribution in [2.75, 3.05) is 0 Å². The summed E-state index contributed by atoms with van der Waals surface area (Å²) in [4.78, 5) is 4.89. The summed E-state index contributed by atoms with van der Waals surface area (Å²) >= 11 is 0. The number of aryl methyl sites for hydroxylation is 2. The van der Waals surface area contributed by atoms with Crippen LogP contribution < -0.4 is 9.30 Å². The quantitative estimate of drug-likeness (QED) is 0.123. The molecule has 13 rings (SSSR count). The fraction of sp³-hybridized carbons (Fsp3) is 0.143. The summed E-state index contributed by atoms with van der Waals surface area (Å²) in [5.41, 5.74) is 10.1. The normalized spacial score (nSPS) is 14.7. The van der Waals surface area contributed by atoms with E-state index < -0.39 is 37.2 Å². The van der Waals surface area contributed by atoms with E-state index in [1.807, 2.05) is 100 Å². The molecule has 0 fully saturated rings. The van der Waals surface area contributed by atoms with Crippen molar-refractivity contribution >= 4 is 32.8 Å². The van der Waals surface area contributed by atoms with Crippen LogP contribution in [0.25, 0.3) is 106 Å². The van der Waals surface area contributed by atoms with E-state index in [0.717, 1.165) is 49.9 Å². The van der Waals surface area contributed by atoms with Crippen LogP contribution in [0.15, 0.2) is 206 Å². The first-order valence-electron chi connectivity index (χ1n) is 30.7. The van der Waals surface area contributed by atoms with E-state index in [9.17, 15) is 2.74 Å². The summed E-state index contributed by atoms with van der Waals surface area (Å²) in [6.45, 7) is 7.43. The average molecular weight is 982 g/mol. The number of hydrogen-bond donors (Lipinski definition) is 0. The molecular formula is C70H58N4O. The Kier molecular flexibility index (Phi) is 8.22. The Hall–Kier alpha value is -8.80. The van der Waals surface area contributed by atoms with Crippen molar-refractivity contribution in [1.29, 1.82) is 0 Å². The van der Waals surface area contributed by atoms with E-state index in [1.165, 1.54) is 18.2 Å². The van der Waals surface area contributed by atoms with Crippen molar-refractivity contribution in [3.63, 3.8) is 0 Å². The summed E-state index contributed by atoms with van der Waals surface area (Å²) < 4.78 is 112. The molecule has 0 unspecified atom stereocenters. The van der Waals surface area contributed by atoms with Gasteiger partial charge in [-0.05, 0) is 157 Å². The Morgan fingerprint density at radius 1 is 0.520 bits per heavy atom. The molecule has 0 amide bonds. The molecule has 75 heavy (non-hydrogen) atoms. The molecule has 3 aromatic heterocycles. The average Bonchev–Trinajstić information content (AvgIpc) is 1.85. The first-order valence-corrected chi connectivity index (χ1v) is 25.2. The molecule has 0 radical (unpaired) electrons. The van der Waals surface area contributed by atoms with E-state index in [0.29, 0.717) is 67.3 Å². The predicted octanol–water partition coefficient (Wildman–Crippen LogP) is 17.9. The number of ether oxygens (including phenoxy) is 1. The van der Waals surface area contributed by atoms with Crippen LogP contribution in [0.4, 0.5) is 0 Å². The van der Waals surface area contributed by atoms with E-state index in [1.54, 1.807) is 24.3 Å². The minimum Gasteiger partial charge on any atom is -0.458 e. The van der Waals surface area contributed by atoms with Crippen molar-refractivity contribution in [2.45, 2.75) is 66.1 Å². The summed E-state index contributed by atoms with van der Waals surface area (Å²) in [6.07, 6.45) is 5.64. The standard InChI is InChI=1S/C70H58N4O/c1-44-20-16-21-45(2)65(44)59-32-19-31-58-57-30-18-29-52(46-22-10-9-11-23-46)66(57)56-28-13-12-26-53(56)60-38-48(70(6,7)8)39-63-68(60)73(67(58)59)43-72(63)49-24-17-25-50(41-49)75-51-34-35-55-54-27-14-15-33-61(54)74(62(55)42-51)64-40-47(36-37-71-64)69(3,4)5/h9-42H,1-8H3/i1D3,2D3,9D,10D,11D,22D,23D. The lowest BCUT2D eigenvalue weighted by Gasteiger charge is -2.23.